The lowest BCUT2D eigenvalue weighted by molar-refractivity contribution is 0.108. The van der Waals surface area contributed by atoms with Crippen LogP contribution in [0.15, 0.2) is 15.9 Å². The van der Waals surface area contributed by atoms with Gasteiger partial charge in [0.15, 0.2) is 0 Å². The zero-order chi connectivity index (χ0) is 8.97. The average molecular weight is 202 g/mol. The lowest BCUT2D eigenvalue weighted by Gasteiger charge is -1.91. The van der Waals surface area contributed by atoms with Crippen molar-refractivity contribution in [2.75, 3.05) is 0 Å². The van der Waals surface area contributed by atoms with Gasteiger partial charge in [0.1, 0.15) is 0 Å². The summed E-state index contributed by atoms with van der Waals surface area (Å²) >= 11 is 6.62. The molecule has 0 aliphatic carbocycles. The predicted molar refractivity (Wildman–Crippen MR) is 47.4 cm³/mol. The molecule has 0 aromatic carbocycles. The molecule has 4 nitrogen and oxygen atoms in total. The summed E-state index contributed by atoms with van der Waals surface area (Å²) in [6.45, 7) is 0.174. The maximum Gasteiger partial charge on any atom is 0.253 e. The molecule has 0 saturated carbocycles. The van der Waals surface area contributed by atoms with E-state index in [0.29, 0.717) is 11.1 Å². The zero-order valence-electron chi connectivity index (χ0n) is 5.90. The molecular weight excluding hydrogens is 198 g/mol. The van der Waals surface area contributed by atoms with Crippen LogP contribution in [0.3, 0.4) is 0 Å². The number of nitrogens with zero attached hydrogens (tertiary/aromatic N) is 3. The van der Waals surface area contributed by atoms with Crippen molar-refractivity contribution in [1.29, 1.82) is 0 Å². The number of halogens is 1. The standard InChI is InChI=1S/C6H4ClN3OS/c7-6(11)5-3-12-2-4(5)1-9-10-8/h2-3H,1H2. The van der Waals surface area contributed by atoms with Gasteiger partial charge in [-0.15, -0.1) is 0 Å². The van der Waals surface area contributed by atoms with E-state index in [1.807, 2.05) is 0 Å². The van der Waals surface area contributed by atoms with Crippen molar-refractivity contribution in [3.05, 3.63) is 32.3 Å². The Morgan fingerprint density at radius 3 is 3.08 bits per heavy atom. The molecule has 1 rings (SSSR count). The third-order valence-electron chi connectivity index (χ3n) is 1.26. The van der Waals surface area contributed by atoms with Crippen LogP contribution in [0.1, 0.15) is 15.9 Å². The SMILES string of the molecule is [N-]=[N+]=NCc1cscc1C(=O)Cl. The number of hydrogen-bond donors (Lipinski definition) is 0. The fraction of sp³-hybridized carbons (Fsp3) is 0.167. The van der Waals surface area contributed by atoms with Crippen LogP contribution in [-0.4, -0.2) is 5.24 Å². The van der Waals surface area contributed by atoms with E-state index in [9.17, 15) is 4.79 Å². The average Bonchev–Trinajstić information content (AvgIpc) is 2.48. The van der Waals surface area contributed by atoms with Crippen molar-refractivity contribution < 1.29 is 4.79 Å². The van der Waals surface area contributed by atoms with Gasteiger partial charge >= 0.3 is 0 Å². The minimum Gasteiger partial charge on any atom is -0.276 e. The summed E-state index contributed by atoms with van der Waals surface area (Å²) in [6, 6.07) is 0. The second-order valence-electron chi connectivity index (χ2n) is 1.97. The van der Waals surface area contributed by atoms with E-state index in [1.165, 1.54) is 11.3 Å². The van der Waals surface area contributed by atoms with Crippen molar-refractivity contribution in [3.8, 4) is 0 Å². The summed E-state index contributed by atoms with van der Waals surface area (Å²) in [5, 5.41) is 6.20. The molecule has 0 aliphatic rings. The van der Waals surface area contributed by atoms with E-state index in [1.54, 1.807) is 10.8 Å². The summed E-state index contributed by atoms with van der Waals surface area (Å²) in [5.41, 5.74) is 9.14. The number of hydrogen-bond acceptors (Lipinski definition) is 3. The van der Waals surface area contributed by atoms with Crippen LogP contribution >= 0.6 is 22.9 Å². The Hall–Kier alpha value is -1.03. The number of carbonyl (C=O) groups is 1. The van der Waals surface area contributed by atoms with Crippen molar-refractivity contribution in [1.82, 2.24) is 0 Å². The summed E-state index contributed by atoms with van der Waals surface area (Å²) in [4.78, 5) is 13.3. The first-order valence-corrected chi connectivity index (χ1v) is 4.33. The Labute approximate surface area is 77.4 Å². The van der Waals surface area contributed by atoms with Crippen LogP contribution in [0.2, 0.25) is 0 Å². The zero-order valence-corrected chi connectivity index (χ0v) is 7.47. The van der Waals surface area contributed by atoms with Gasteiger partial charge in [-0.25, -0.2) is 0 Å². The molecule has 1 aromatic heterocycles. The molecule has 0 bridgehead atoms. The normalized spacial score (nSPS) is 9.08. The van der Waals surface area contributed by atoms with E-state index < -0.39 is 5.24 Å². The van der Waals surface area contributed by atoms with Gasteiger partial charge in [0.2, 0.25) is 0 Å². The van der Waals surface area contributed by atoms with Crippen LogP contribution in [0, 0.1) is 0 Å². The molecule has 0 amide bonds. The Morgan fingerprint density at radius 1 is 1.75 bits per heavy atom. The molecule has 0 saturated heterocycles. The van der Waals surface area contributed by atoms with Crippen molar-refractivity contribution in [2.45, 2.75) is 6.54 Å². The highest BCUT2D eigenvalue weighted by Crippen LogP contribution is 2.17. The molecule has 0 atom stereocenters. The van der Waals surface area contributed by atoms with Gasteiger partial charge in [0.25, 0.3) is 5.24 Å². The third-order valence-corrected chi connectivity index (χ3v) is 2.25. The fourth-order valence-corrected chi connectivity index (χ4v) is 1.80. The third kappa shape index (κ3) is 1.98. The van der Waals surface area contributed by atoms with Crippen molar-refractivity contribution in [2.24, 2.45) is 5.11 Å². The molecule has 0 aliphatic heterocycles. The summed E-state index contributed by atoms with van der Waals surface area (Å²) in [6.07, 6.45) is 0. The highest BCUT2D eigenvalue weighted by atomic mass is 35.5. The molecule has 0 N–H and O–H groups in total. The molecule has 6 heteroatoms. The maximum atomic E-state index is 10.7. The quantitative estimate of drug-likeness (QED) is 0.321. The second-order valence-corrected chi connectivity index (χ2v) is 3.06. The monoisotopic (exact) mass is 201 g/mol. The number of carbonyl (C=O) groups excluding carboxylic acids is 1. The first kappa shape index (κ1) is 9.06. The smallest absolute Gasteiger partial charge is 0.253 e. The van der Waals surface area contributed by atoms with Gasteiger partial charge in [0, 0.05) is 15.9 Å². The Morgan fingerprint density at radius 2 is 2.50 bits per heavy atom. The molecule has 0 unspecified atom stereocenters. The first-order valence-electron chi connectivity index (χ1n) is 3.01. The summed E-state index contributed by atoms with van der Waals surface area (Å²) < 4.78 is 0. The van der Waals surface area contributed by atoms with Gasteiger partial charge in [-0.05, 0) is 28.1 Å². The molecule has 0 spiro atoms. The van der Waals surface area contributed by atoms with Crippen molar-refractivity contribution in [3.63, 3.8) is 0 Å². The minimum absolute atomic E-state index is 0.174. The minimum atomic E-state index is -0.514. The Bertz CT molecular complexity index is 342. The van der Waals surface area contributed by atoms with Crippen LogP contribution in [0.4, 0.5) is 0 Å². The summed E-state index contributed by atoms with van der Waals surface area (Å²) in [7, 11) is 0. The van der Waals surface area contributed by atoms with E-state index >= 15 is 0 Å². The van der Waals surface area contributed by atoms with Crippen LogP contribution in [0.25, 0.3) is 10.4 Å². The fourth-order valence-electron chi connectivity index (χ4n) is 0.726. The van der Waals surface area contributed by atoms with Gasteiger partial charge in [0.05, 0.1) is 6.54 Å². The summed E-state index contributed by atoms with van der Waals surface area (Å²) in [5.74, 6) is 0. The highest BCUT2D eigenvalue weighted by molar-refractivity contribution is 7.08. The van der Waals surface area contributed by atoms with E-state index in [2.05, 4.69) is 10.0 Å². The van der Waals surface area contributed by atoms with E-state index in [-0.39, 0.29) is 6.54 Å². The van der Waals surface area contributed by atoms with Crippen LogP contribution in [-0.2, 0) is 6.54 Å². The largest absolute Gasteiger partial charge is 0.276 e. The Balaban J connectivity index is 2.91. The second kappa shape index (κ2) is 4.11. The molecule has 1 aromatic rings. The molecule has 62 valence electrons. The van der Waals surface area contributed by atoms with Crippen LogP contribution < -0.4 is 0 Å². The molecule has 0 fully saturated rings. The number of azide groups is 1. The van der Waals surface area contributed by atoms with Gasteiger partial charge in [-0.2, -0.15) is 11.3 Å². The van der Waals surface area contributed by atoms with Gasteiger partial charge < -0.3 is 0 Å². The molecule has 1 heterocycles. The van der Waals surface area contributed by atoms with Gasteiger partial charge in [-0.1, -0.05) is 5.11 Å². The molecule has 0 radical (unpaired) electrons. The number of rotatable bonds is 3. The molecular formula is C6H4ClN3OS. The van der Waals surface area contributed by atoms with E-state index in [4.69, 9.17) is 17.1 Å². The number of thiophene rings is 1. The lowest BCUT2D eigenvalue weighted by atomic mass is 10.2. The predicted octanol–water partition coefficient (Wildman–Crippen LogP) is 2.94. The van der Waals surface area contributed by atoms with E-state index in [0.717, 1.165) is 0 Å². The maximum absolute atomic E-state index is 10.7. The Kier molecular flexibility index (Phi) is 3.10. The van der Waals surface area contributed by atoms with Crippen molar-refractivity contribution >= 4 is 28.2 Å². The van der Waals surface area contributed by atoms with Gasteiger partial charge in [-0.3, -0.25) is 4.79 Å². The highest BCUT2D eigenvalue weighted by Gasteiger charge is 2.08. The lowest BCUT2D eigenvalue weighted by Crippen LogP contribution is -1.90. The molecule has 12 heavy (non-hydrogen) atoms. The topological polar surface area (TPSA) is 65.8 Å². The first-order chi connectivity index (χ1) is 5.75. The van der Waals surface area contributed by atoms with Crippen LogP contribution in [0.5, 0.6) is 0 Å².